The first kappa shape index (κ1) is 13.9. The summed E-state index contributed by atoms with van der Waals surface area (Å²) in [7, 11) is 0. The Labute approximate surface area is 111 Å². The maximum Gasteiger partial charge on any atom is 0.237 e. The quantitative estimate of drug-likeness (QED) is 0.860. The minimum Gasteiger partial charge on any atom is -0.352 e. The molecule has 0 aliphatic heterocycles. The average Bonchev–Trinajstić information content (AvgIpc) is 3.12. The summed E-state index contributed by atoms with van der Waals surface area (Å²) in [6.45, 7) is 3.48. The molecule has 0 aromatic heterocycles. The van der Waals surface area contributed by atoms with Gasteiger partial charge in [-0.25, -0.2) is 8.78 Å². The molecular formula is C14H18F2N2O. The Kier molecular flexibility index (Phi) is 4.14. The van der Waals surface area contributed by atoms with Crippen molar-refractivity contribution in [3.05, 3.63) is 35.4 Å². The number of amides is 1. The van der Waals surface area contributed by atoms with Gasteiger partial charge in [0.2, 0.25) is 5.91 Å². The Morgan fingerprint density at radius 1 is 1.32 bits per heavy atom. The van der Waals surface area contributed by atoms with Gasteiger partial charge >= 0.3 is 0 Å². The second-order valence-corrected chi connectivity index (χ2v) is 5.06. The van der Waals surface area contributed by atoms with Crippen LogP contribution in [0.25, 0.3) is 0 Å². The van der Waals surface area contributed by atoms with E-state index in [0.717, 1.165) is 18.9 Å². The van der Waals surface area contributed by atoms with E-state index in [1.165, 1.54) is 12.1 Å². The molecule has 1 aliphatic rings. The van der Waals surface area contributed by atoms with E-state index in [1.807, 2.05) is 0 Å². The molecular weight excluding hydrogens is 250 g/mol. The molecule has 3 nitrogen and oxygen atoms in total. The first-order valence-electron chi connectivity index (χ1n) is 6.48. The topological polar surface area (TPSA) is 41.1 Å². The van der Waals surface area contributed by atoms with Gasteiger partial charge in [-0.3, -0.25) is 10.1 Å². The van der Waals surface area contributed by atoms with Crippen molar-refractivity contribution in [1.29, 1.82) is 0 Å². The van der Waals surface area contributed by atoms with Crippen LogP contribution in [-0.2, 0) is 4.79 Å². The molecule has 0 spiro atoms. The Balaban J connectivity index is 1.95. The highest BCUT2D eigenvalue weighted by Gasteiger charge is 2.26. The van der Waals surface area contributed by atoms with Crippen LogP contribution in [0.2, 0.25) is 0 Å². The Bertz CT molecular complexity index is 475. The van der Waals surface area contributed by atoms with Gasteiger partial charge in [0.15, 0.2) is 0 Å². The molecule has 2 N–H and O–H groups in total. The fraction of sp³-hybridized carbons (Fsp3) is 0.500. The molecule has 1 aromatic rings. The lowest BCUT2D eigenvalue weighted by Gasteiger charge is -2.20. The van der Waals surface area contributed by atoms with Crippen LogP contribution in [0.4, 0.5) is 8.78 Å². The normalized spacial score (nSPS) is 17.9. The molecule has 1 saturated carbocycles. The molecule has 1 aromatic carbocycles. The van der Waals surface area contributed by atoms with E-state index >= 15 is 0 Å². The Morgan fingerprint density at radius 3 is 2.58 bits per heavy atom. The predicted octanol–water partition coefficient (Wildman–Crippen LogP) is 2.28. The van der Waals surface area contributed by atoms with Crippen molar-refractivity contribution in [3.63, 3.8) is 0 Å². The maximum absolute atomic E-state index is 13.6. The minimum atomic E-state index is -0.604. The van der Waals surface area contributed by atoms with Crippen LogP contribution < -0.4 is 10.6 Å². The van der Waals surface area contributed by atoms with Crippen LogP contribution in [0.1, 0.15) is 38.3 Å². The second-order valence-electron chi connectivity index (χ2n) is 5.06. The Hall–Kier alpha value is -1.49. The summed E-state index contributed by atoms with van der Waals surface area (Å²) in [5, 5.41) is 5.89. The zero-order valence-corrected chi connectivity index (χ0v) is 11.0. The summed E-state index contributed by atoms with van der Waals surface area (Å²) < 4.78 is 26.4. The van der Waals surface area contributed by atoms with E-state index < -0.39 is 17.7 Å². The van der Waals surface area contributed by atoms with Crippen LogP contribution >= 0.6 is 0 Å². The third-order valence-electron chi connectivity index (χ3n) is 3.25. The van der Waals surface area contributed by atoms with Crippen LogP contribution in [0.5, 0.6) is 0 Å². The smallest absolute Gasteiger partial charge is 0.237 e. The summed E-state index contributed by atoms with van der Waals surface area (Å²) in [5.74, 6) is -1.29. The van der Waals surface area contributed by atoms with Gasteiger partial charge in [0, 0.05) is 23.7 Å². The first-order chi connectivity index (χ1) is 8.97. The molecule has 0 radical (unpaired) electrons. The van der Waals surface area contributed by atoms with Crippen LogP contribution in [-0.4, -0.2) is 18.0 Å². The van der Waals surface area contributed by atoms with E-state index in [-0.39, 0.29) is 11.9 Å². The van der Waals surface area contributed by atoms with Crippen molar-refractivity contribution in [1.82, 2.24) is 10.6 Å². The molecule has 1 fully saturated rings. The first-order valence-corrected chi connectivity index (χ1v) is 6.48. The number of halogens is 2. The predicted molar refractivity (Wildman–Crippen MR) is 68.5 cm³/mol. The molecule has 2 rings (SSSR count). The highest BCUT2D eigenvalue weighted by molar-refractivity contribution is 5.81. The molecule has 5 heteroatoms. The number of hydrogen-bond acceptors (Lipinski definition) is 2. The van der Waals surface area contributed by atoms with Gasteiger partial charge in [-0.05, 0) is 32.8 Å². The fourth-order valence-corrected chi connectivity index (χ4v) is 1.95. The maximum atomic E-state index is 13.6. The number of hydrogen-bond donors (Lipinski definition) is 2. The molecule has 104 valence electrons. The zero-order chi connectivity index (χ0) is 14.0. The van der Waals surface area contributed by atoms with Crippen LogP contribution in [0.3, 0.4) is 0 Å². The number of rotatable bonds is 5. The molecule has 1 aliphatic carbocycles. The molecule has 0 heterocycles. The summed E-state index contributed by atoms with van der Waals surface area (Å²) in [4.78, 5) is 11.8. The highest BCUT2D eigenvalue weighted by atomic mass is 19.1. The molecule has 0 unspecified atom stereocenters. The average molecular weight is 268 g/mol. The van der Waals surface area contributed by atoms with E-state index in [1.54, 1.807) is 13.8 Å². The molecule has 0 saturated heterocycles. The van der Waals surface area contributed by atoms with Gasteiger partial charge < -0.3 is 5.32 Å². The van der Waals surface area contributed by atoms with Crippen molar-refractivity contribution >= 4 is 5.91 Å². The monoisotopic (exact) mass is 268 g/mol. The van der Waals surface area contributed by atoms with Crippen molar-refractivity contribution in [2.24, 2.45) is 0 Å². The summed E-state index contributed by atoms with van der Waals surface area (Å²) in [6, 6.07) is 2.98. The van der Waals surface area contributed by atoms with E-state index in [9.17, 15) is 13.6 Å². The second kappa shape index (κ2) is 5.65. The van der Waals surface area contributed by atoms with E-state index in [0.29, 0.717) is 11.6 Å². The van der Waals surface area contributed by atoms with Gasteiger partial charge in [0.25, 0.3) is 0 Å². The highest BCUT2D eigenvalue weighted by Crippen LogP contribution is 2.20. The van der Waals surface area contributed by atoms with Gasteiger partial charge in [0.1, 0.15) is 11.6 Å². The number of carbonyl (C=O) groups is 1. The summed E-state index contributed by atoms with van der Waals surface area (Å²) >= 11 is 0. The fourth-order valence-electron chi connectivity index (χ4n) is 1.95. The number of nitrogens with one attached hydrogen (secondary N) is 2. The van der Waals surface area contributed by atoms with Crippen LogP contribution in [0.15, 0.2) is 18.2 Å². The lowest BCUT2D eigenvalue weighted by Crippen LogP contribution is -2.44. The standard InChI is InChI=1S/C14H18F2N2O/c1-8(12-6-3-10(15)7-13(12)16)17-9(2)14(19)18-11-4-5-11/h3,6-9,11,17H,4-5H2,1-2H3,(H,18,19)/t8-,9+/m1/s1. The van der Waals surface area contributed by atoms with Crippen molar-refractivity contribution in [2.75, 3.05) is 0 Å². The lowest BCUT2D eigenvalue weighted by molar-refractivity contribution is -0.123. The van der Waals surface area contributed by atoms with Crippen molar-refractivity contribution in [2.45, 2.75) is 44.8 Å². The van der Waals surface area contributed by atoms with E-state index in [2.05, 4.69) is 10.6 Å². The van der Waals surface area contributed by atoms with Gasteiger partial charge in [-0.15, -0.1) is 0 Å². The van der Waals surface area contributed by atoms with Crippen molar-refractivity contribution < 1.29 is 13.6 Å². The van der Waals surface area contributed by atoms with Crippen LogP contribution in [0, 0.1) is 11.6 Å². The number of carbonyl (C=O) groups excluding carboxylic acids is 1. The number of benzene rings is 1. The van der Waals surface area contributed by atoms with E-state index in [4.69, 9.17) is 0 Å². The van der Waals surface area contributed by atoms with Crippen molar-refractivity contribution in [3.8, 4) is 0 Å². The zero-order valence-electron chi connectivity index (χ0n) is 11.0. The van der Waals surface area contributed by atoms with Gasteiger partial charge in [0.05, 0.1) is 6.04 Å². The molecule has 1 amide bonds. The summed E-state index contributed by atoms with van der Waals surface area (Å²) in [6.07, 6.45) is 2.06. The van der Waals surface area contributed by atoms with Gasteiger partial charge in [-0.2, -0.15) is 0 Å². The molecule has 0 bridgehead atoms. The molecule has 19 heavy (non-hydrogen) atoms. The third-order valence-corrected chi connectivity index (χ3v) is 3.25. The largest absolute Gasteiger partial charge is 0.352 e. The molecule has 2 atom stereocenters. The Morgan fingerprint density at radius 2 is 2.00 bits per heavy atom. The van der Waals surface area contributed by atoms with Gasteiger partial charge in [-0.1, -0.05) is 6.07 Å². The summed E-state index contributed by atoms with van der Waals surface area (Å²) in [5.41, 5.74) is 0.354. The SMILES string of the molecule is C[C@H](N[C@H](C)c1ccc(F)cc1F)C(=O)NC1CC1. The lowest BCUT2D eigenvalue weighted by atomic mass is 10.1. The minimum absolute atomic E-state index is 0.0862. The third kappa shape index (κ3) is 3.73.